The molecule has 2 aromatic carbocycles. The van der Waals surface area contributed by atoms with Crippen LogP contribution in [0.25, 0.3) is 31.7 Å². The minimum absolute atomic E-state index is 0.234. The molecule has 0 unspecified atom stereocenters. The smallest absolute Gasteiger partial charge is 0.322 e. The van der Waals surface area contributed by atoms with Gasteiger partial charge in [0.15, 0.2) is 5.75 Å². The Morgan fingerprint density at radius 1 is 1.07 bits per heavy atom. The van der Waals surface area contributed by atoms with Gasteiger partial charge in [0.2, 0.25) is 5.91 Å². The number of primary amides is 1. The number of carbonyl (C=O) groups is 2. The summed E-state index contributed by atoms with van der Waals surface area (Å²) in [5, 5.41) is 3.42. The number of aromatic nitrogens is 3. The Labute approximate surface area is 239 Å². The van der Waals surface area contributed by atoms with Crippen LogP contribution < -0.4 is 26.3 Å². The van der Waals surface area contributed by atoms with Gasteiger partial charge in [0.05, 0.1) is 23.1 Å². The van der Waals surface area contributed by atoms with Crippen molar-refractivity contribution < 1.29 is 19.1 Å². The third-order valence-corrected chi connectivity index (χ3v) is 7.64. The zero-order valence-corrected chi connectivity index (χ0v) is 23.3. The average molecular weight is 567 g/mol. The largest absolute Gasteiger partial charge is 0.494 e. The Kier molecular flexibility index (Phi) is 7.36. The first-order valence-corrected chi connectivity index (χ1v) is 13.2. The summed E-state index contributed by atoms with van der Waals surface area (Å²) in [6, 6.07) is 13.1. The van der Waals surface area contributed by atoms with Gasteiger partial charge >= 0.3 is 6.01 Å². The maximum Gasteiger partial charge on any atom is 0.322 e. The fourth-order valence-corrected chi connectivity index (χ4v) is 5.80. The number of nitrogens with two attached hydrogens (primary N) is 2. The fourth-order valence-electron chi connectivity index (χ4n) is 4.43. The van der Waals surface area contributed by atoms with Crippen LogP contribution in [0.15, 0.2) is 67.5 Å². The SMILES string of the molecule is C=CC(=O)Nc1c(C)ccc(-c2sc3c(C(N)=O)cnc(N)c3c2-c2ccc(Oc3nccc(C)n3)cc2)c1OC. The van der Waals surface area contributed by atoms with E-state index in [0.29, 0.717) is 32.8 Å². The second-order valence-electron chi connectivity index (χ2n) is 9.07. The molecule has 0 spiro atoms. The molecule has 3 aromatic heterocycles. The summed E-state index contributed by atoms with van der Waals surface area (Å²) in [7, 11) is 1.53. The Hall–Kier alpha value is -5.29. The molecule has 3 heterocycles. The number of hydrogen-bond acceptors (Lipinski definition) is 9. The number of pyridine rings is 1. The second-order valence-corrected chi connectivity index (χ2v) is 10.1. The van der Waals surface area contributed by atoms with E-state index in [-0.39, 0.29) is 23.3 Å². The summed E-state index contributed by atoms with van der Waals surface area (Å²) >= 11 is 1.33. The van der Waals surface area contributed by atoms with Gasteiger partial charge in [-0.3, -0.25) is 9.59 Å². The van der Waals surface area contributed by atoms with Gasteiger partial charge < -0.3 is 26.3 Å². The van der Waals surface area contributed by atoms with Gasteiger partial charge in [0.25, 0.3) is 5.91 Å². The van der Waals surface area contributed by atoms with Crippen LogP contribution in [-0.2, 0) is 4.79 Å². The number of thiophene rings is 1. The van der Waals surface area contributed by atoms with Crippen LogP contribution in [0.5, 0.6) is 17.5 Å². The van der Waals surface area contributed by atoms with Crippen LogP contribution in [0.1, 0.15) is 21.6 Å². The van der Waals surface area contributed by atoms with Gasteiger partial charge in [-0.05, 0) is 55.3 Å². The first-order chi connectivity index (χ1) is 19.7. The predicted octanol–water partition coefficient (Wildman–Crippen LogP) is 5.64. The molecule has 5 aromatic rings. The van der Waals surface area contributed by atoms with Crippen LogP contribution in [0.2, 0.25) is 0 Å². The number of ether oxygens (including phenoxy) is 2. The number of fused-ring (bicyclic) bond motifs is 1. The first-order valence-electron chi connectivity index (χ1n) is 12.4. The Morgan fingerprint density at radius 2 is 1.83 bits per heavy atom. The van der Waals surface area contributed by atoms with Gasteiger partial charge in [-0.25, -0.2) is 15.0 Å². The molecule has 0 radical (unpaired) electrons. The molecule has 206 valence electrons. The van der Waals surface area contributed by atoms with E-state index in [1.165, 1.54) is 30.7 Å². The molecule has 0 saturated carbocycles. The lowest BCUT2D eigenvalue weighted by atomic mass is 9.96. The van der Waals surface area contributed by atoms with Gasteiger partial charge in [-0.15, -0.1) is 11.3 Å². The highest BCUT2D eigenvalue weighted by molar-refractivity contribution is 7.23. The van der Waals surface area contributed by atoms with E-state index >= 15 is 0 Å². The monoisotopic (exact) mass is 566 g/mol. The summed E-state index contributed by atoms with van der Waals surface area (Å²) in [6.45, 7) is 7.26. The van der Waals surface area contributed by atoms with E-state index in [1.807, 2.05) is 38.1 Å². The number of methoxy groups -OCH3 is 1. The van der Waals surface area contributed by atoms with Crippen molar-refractivity contribution >= 4 is 44.7 Å². The highest BCUT2D eigenvalue weighted by Gasteiger charge is 2.26. The number of hydrogen-bond donors (Lipinski definition) is 3. The molecule has 0 aliphatic heterocycles. The third-order valence-electron chi connectivity index (χ3n) is 6.38. The van der Waals surface area contributed by atoms with Crippen molar-refractivity contribution in [2.24, 2.45) is 5.73 Å². The topological polar surface area (TPSA) is 155 Å². The van der Waals surface area contributed by atoms with Crippen LogP contribution in [0.3, 0.4) is 0 Å². The lowest BCUT2D eigenvalue weighted by Gasteiger charge is -2.17. The summed E-state index contributed by atoms with van der Waals surface area (Å²) in [5.41, 5.74) is 16.6. The molecule has 0 bridgehead atoms. The molecular formula is C30H26N6O4S. The second kappa shape index (κ2) is 11.1. The molecule has 11 heteroatoms. The van der Waals surface area contributed by atoms with Gasteiger partial charge in [0, 0.05) is 39.5 Å². The van der Waals surface area contributed by atoms with Crippen LogP contribution in [0.4, 0.5) is 11.5 Å². The molecule has 0 aliphatic rings. The number of amides is 2. The molecular weight excluding hydrogens is 540 g/mol. The predicted molar refractivity (Wildman–Crippen MR) is 160 cm³/mol. The van der Waals surface area contributed by atoms with E-state index in [0.717, 1.165) is 27.3 Å². The van der Waals surface area contributed by atoms with E-state index in [1.54, 1.807) is 24.4 Å². The molecule has 0 atom stereocenters. The van der Waals surface area contributed by atoms with Crippen molar-refractivity contribution in [1.82, 2.24) is 15.0 Å². The molecule has 0 fully saturated rings. The summed E-state index contributed by atoms with van der Waals surface area (Å²) in [4.78, 5) is 38.1. The standard InChI is InChI=1S/C30H26N6O4S/c1-5-21(37)36-24-15(2)6-11-19(25(24)39-4)26-22(23-27(41-26)20(29(32)38)14-34-28(23)31)17-7-9-18(10-8-17)40-30-33-13-12-16(3)35-30/h5-14H,1H2,2-4H3,(H2,31,34)(H2,32,38)(H,36,37). The van der Waals surface area contributed by atoms with Crippen molar-refractivity contribution in [3.8, 4) is 39.1 Å². The number of rotatable bonds is 8. The molecule has 10 nitrogen and oxygen atoms in total. The van der Waals surface area contributed by atoms with Gasteiger partial charge in [-0.2, -0.15) is 0 Å². The summed E-state index contributed by atoms with van der Waals surface area (Å²) < 4.78 is 12.3. The number of nitrogens with zero attached hydrogens (tertiary/aromatic N) is 3. The minimum atomic E-state index is -0.626. The highest BCUT2D eigenvalue weighted by atomic mass is 32.1. The third kappa shape index (κ3) is 5.18. The Balaban J connectivity index is 1.74. The number of anilines is 2. The molecule has 41 heavy (non-hydrogen) atoms. The van der Waals surface area contributed by atoms with Crippen LogP contribution >= 0.6 is 11.3 Å². The van der Waals surface area contributed by atoms with Crippen LogP contribution in [0, 0.1) is 13.8 Å². The number of benzene rings is 2. The number of nitrogens with one attached hydrogen (secondary N) is 1. The molecule has 0 aliphatic carbocycles. The van der Waals surface area contributed by atoms with E-state index < -0.39 is 5.91 Å². The molecule has 0 saturated heterocycles. The fraction of sp³-hybridized carbons (Fsp3) is 0.100. The van der Waals surface area contributed by atoms with Crippen molar-refractivity contribution in [3.05, 3.63) is 84.3 Å². The van der Waals surface area contributed by atoms with Crippen molar-refractivity contribution in [2.75, 3.05) is 18.2 Å². The van der Waals surface area contributed by atoms with Gasteiger partial charge in [0.1, 0.15) is 11.6 Å². The van der Waals surface area contributed by atoms with E-state index in [4.69, 9.17) is 20.9 Å². The summed E-state index contributed by atoms with van der Waals surface area (Å²) in [6.07, 6.45) is 4.20. The van der Waals surface area contributed by atoms with Crippen LogP contribution in [-0.4, -0.2) is 33.9 Å². The van der Waals surface area contributed by atoms with Crippen molar-refractivity contribution in [3.63, 3.8) is 0 Å². The first kappa shape index (κ1) is 27.3. The van der Waals surface area contributed by atoms with Crippen molar-refractivity contribution in [1.29, 1.82) is 0 Å². The van der Waals surface area contributed by atoms with E-state index in [2.05, 4.69) is 26.8 Å². The van der Waals surface area contributed by atoms with Crippen molar-refractivity contribution in [2.45, 2.75) is 13.8 Å². The maximum absolute atomic E-state index is 12.4. The normalized spacial score (nSPS) is 10.8. The number of carbonyl (C=O) groups excluding carboxylic acids is 2. The maximum atomic E-state index is 12.4. The Morgan fingerprint density at radius 3 is 2.49 bits per heavy atom. The average Bonchev–Trinajstić information content (AvgIpc) is 3.35. The molecule has 5 N–H and O–H groups in total. The lowest BCUT2D eigenvalue weighted by Crippen LogP contribution is -2.11. The quantitative estimate of drug-likeness (QED) is 0.204. The number of nitrogen functional groups attached to an aromatic ring is 1. The Bertz CT molecular complexity index is 1830. The lowest BCUT2D eigenvalue weighted by molar-refractivity contribution is -0.111. The van der Waals surface area contributed by atoms with E-state index in [9.17, 15) is 9.59 Å². The minimum Gasteiger partial charge on any atom is -0.494 e. The highest BCUT2D eigenvalue weighted by Crippen LogP contribution is 2.51. The number of aryl methyl sites for hydroxylation is 2. The molecule has 2 amide bonds. The zero-order valence-electron chi connectivity index (χ0n) is 22.5. The zero-order chi connectivity index (χ0) is 29.3. The molecule has 5 rings (SSSR count). The van der Waals surface area contributed by atoms with Gasteiger partial charge in [-0.1, -0.05) is 24.8 Å². The summed E-state index contributed by atoms with van der Waals surface area (Å²) in [5.74, 6) is 0.210.